The summed E-state index contributed by atoms with van der Waals surface area (Å²) in [5.41, 5.74) is 0.967. The van der Waals surface area contributed by atoms with Crippen molar-refractivity contribution < 1.29 is 19.0 Å². The van der Waals surface area contributed by atoms with Crippen LogP contribution in [-0.4, -0.2) is 28.6 Å². The molecule has 1 heterocycles. The first-order valence-corrected chi connectivity index (χ1v) is 7.08. The fraction of sp³-hybridized carbons (Fsp3) is 0.235. The van der Waals surface area contributed by atoms with E-state index in [0.29, 0.717) is 24.6 Å². The average molecular weight is 301 g/mol. The summed E-state index contributed by atoms with van der Waals surface area (Å²) in [6.07, 6.45) is -0.361. The summed E-state index contributed by atoms with van der Waals surface area (Å²) in [6, 6.07) is 13.2. The van der Waals surface area contributed by atoms with Gasteiger partial charge >= 0.3 is 0 Å². The number of carbonyl (C=O) groups excluding carboxylic acids is 1. The quantitative estimate of drug-likeness (QED) is 0.944. The van der Waals surface area contributed by atoms with Crippen molar-refractivity contribution in [1.29, 1.82) is 0 Å². The SMILES string of the molecule is O=C1CC(O)CN1Cc1ccc(Oc2ccc(F)cc2)cc1. The van der Waals surface area contributed by atoms with E-state index >= 15 is 0 Å². The van der Waals surface area contributed by atoms with Gasteiger partial charge in [0.25, 0.3) is 0 Å². The van der Waals surface area contributed by atoms with E-state index in [9.17, 15) is 14.3 Å². The number of hydrogen-bond donors (Lipinski definition) is 1. The van der Waals surface area contributed by atoms with Gasteiger partial charge in [-0.25, -0.2) is 4.39 Å². The van der Waals surface area contributed by atoms with Crippen molar-refractivity contribution in [3.63, 3.8) is 0 Å². The van der Waals surface area contributed by atoms with E-state index in [4.69, 9.17) is 4.74 Å². The zero-order valence-corrected chi connectivity index (χ0v) is 11.9. The maximum Gasteiger partial charge on any atom is 0.225 e. The lowest BCUT2D eigenvalue weighted by Gasteiger charge is -2.16. The molecular weight excluding hydrogens is 285 g/mol. The molecule has 1 amide bonds. The number of halogens is 1. The van der Waals surface area contributed by atoms with Crippen LogP contribution in [0.4, 0.5) is 4.39 Å². The summed E-state index contributed by atoms with van der Waals surface area (Å²) in [5.74, 6) is 0.870. The van der Waals surface area contributed by atoms with Crippen LogP contribution in [0, 0.1) is 5.82 Å². The van der Waals surface area contributed by atoms with Crippen LogP contribution in [-0.2, 0) is 11.3 Å². The molecule has 1 aliphatic heterocycles. The third-order valence-corrected chi connectivity index (χ3v) is 3.54. The van der Waals surface area contributed by atoms with Crippen molar-refractivity contribution in [3.05, 3.63) is 59.9 Å². The molecule has 0 radical (unpaired) electrons. The maximum absolute atomic E-state index is 12.8. The Hall–Kier alpha value is -2.40. The largest absolute Gasteiger partial charge is 0.457 e. The van der Waals surface area contributed by atoms with Gasteiger partial charge in [-0.3, -0.25) is 4.79 Å². The molecule has 1 N–H and O–H groups in total. The number of aliphatic hydroxyl groups is 1. The number of likely N-dealkylation sites (tertiary alicyclic amines) is 1. The lowest BCUT2D eigenvalue weighted by Crippen LogP contribution is -2.25. The third-order valence-electron chi connectivity index (χ3n) is 3.54. The lowest BCUT2D eigenvalue weighted by atomic mass is 10.2. The highest BCUT2D eigenvalue weighted by Crippen LogP contribution is 2.23. The summed E-state index contributed by atoms with van der Waals surface area (Å²) in [7, 11) is 0. The van der Waals surface area contributed by atoms with Crippen LogP contribution < -0.4 is 4.74 Å². The van der Waals surface area contributed by atoms with Crippen LogP contribution >= 0.6 is 0 Å². The summed E-state index contributed by atoms with van der Waals surface area (Å²) in [4.78, 5) is 13.3. The second kappa shape index (κ2) is 6.15. The second-order valence-electron chi connectivity index (χ2n) is 5.33. The van der Waals surface area contributed by atoms with Gasteiger partial charge in [0.2, 0.25) is 5.91 Å². The van der Waals surface area contributed by atoms with Crippen molar-refractivity contribution >= 4 is 5.91 Å². The highest BCUT2D eigenvalue weighted by Gasteiger charge is 2.27. The van der Waals surface area contributed by atoms with E-state index in [-0.39, 0.29) is 18.1 Å². The number of nitrogens with zero attached hydrogens (tertiary/aromatic N) is 1. The molecule has 22 heavy (non-hydrogen) atoms. The number of ether oxygens (including phenoxy) is 1. The molecular formula is C17H16FNO3. The van der Waals surface area contributed by atoms with Crippen LogP contribution in [0.3, 0.4) is 0 Å². The zero-order chi connectivity index (χ0) is 15.5. The van der Waals surface area contributed by atoms with E-state index in [1.54, 1.807) is 29.2 Å². The number of carbonyl (C=O) groups is 1. The van der Waals surface area contributed by atoms with Crippen molar-refractivity contribution in [1.82, 2.24) is 4.90 Å². The second-order valence-corrected chi connectivity index (χ2v) is 5.33. The van der Waals surface area contributed by atoms with Gasteiger partial charge in [-0.15, -0.1) is 0 Å². The Morgan fingerprint density at radius 2 is 1.68 bits per heavy atom. The van der Waals surface area contributed by atoms with E-state index < -0.39 is 6.10 Å². The van der Waals surface area contributed by atoms with Crippen LogP contribution in [0.1, 0.15) is 12.0 Å². The summed E-state index contributed by atoms with van der Waals surface area (Å²) < 4.78 is 18.4. The van der Waals surface area contributed by atoms with Crippen LogP contribution in [0.5, 0.6) is 11.5 Å². The number of rotatable bonds is 4. The maximum atomic E-state index is 12.8. The predicted molar refractivity (Wildman–Crippen MR) is 79.0 cm³/mol. The molecule has 0 aromatic heterocycles. The molecule has 0 saturated carbocycles. The molecule has 1 aliphatic rings. The first-order chi connectivity index (χ1) is 10.6. The Kier molecular flexibility index (Phi) is 4.06. The molecule has 114 valence electrons. The van der Waals surface area contributed by atoms with Gasteiger partial charge in [0, 0.05) is 13.1 Å². The van der Waals surface area contributed by atoms with Crippen LogP contribution in [0.25, 0.3) is 0 Å². The smallest absolute Gasteiger partial charge is 0.225 e. The predicted octanol–water partition coefficient (Wildman–Crippen LogP) is 2.71. The molecule has 2 aromatic rings. The van der Waals surface area contributed by atoms with E-state index in [2.05, 4.69) is 0 Å². The summed E-state index contributed by atoms with van der Waals surface area (Å²) >= 11 is 0. The lowest BCUT2D eigenvalue weighted by molar-refractivity contribution is -0.128. The van der Waals surface area contributed by atoms with Crippen molar-refractivity contribution in [2.24, 2.45) is 0 Å². The standard InChI is InChI=1S/C17H16FNO3/c18-13-3-7-16(8-4-13)22-15-5-1-12(2-6-15)10-19-11-14(20)9-17(19)21/h1-8,14,20H,9-11H2. The van der Waals surface area contributed by atoms with Crippen molar-refractivity contribution in [2.45, 2.75) is 19.1 Å². The zero-order valence-electron chi connectivity index (χ0n) is 11.9. The van der Waals surface area contributed by atoms with Gasteiger partial charge in [0.1, 0.15) is 17.3 Å². The molecule has 5 heteroatoms. The number of amides is 1. The Balaban J connectivity index is 1.63. The van der Waals surface area contributed by atoms with Crippen LogP contribution in [0.2, 0.25) is 0 Å². The molecule has 4 nitrogen and oxygen atoms in total. The highest BCUT2D eigenvalue weighted by atomic mass is 19.1. The van der Waals surface area contributed by atoms with Crippen LogP contribution in [0.15, 0.2) is 48.5 Å². The Morgan fingerprint density at radius 3 is 2.23 bits per heavy atom. The molecule has 0 spiro atoms. The van der Waals surface area contributed by atoms with E-state index in [0.717, 1.165) is 5.56 Å². The fourth-order valence-electron chi connectivity index (χ4n) is 2.43. The number of benzene rings is 2. The summed E-state index contributed by atoms with van der Waals surface area (Å²) in [6.45, 7) is 0.861. The highest BCUT2D eigenvalue weighted by molar-refractivity contribution is 5.79. The molecule has 1 atom stereocenters. The number of aliphatic hydroxyl groups excluding tert-OH is 1. The van der Waals surface area contributed by atoms with Gasteiger partial charge in [0.05, 0.1) is 12.5 Å². The fourth-order valence-corrected chi connectivity index (χ4v) is 2.43. The van der Waals surface area contributed by atoms with Crippen molar-refractivity contribution in [3.8, 4) is 11.5 Å². The van der Waals surface area contributed by atoms with Gasteiger partial charge in [0.15, 0.2) is 0 Å². The van der Waals surface area contributed by atoms with E-state index in [1.807, 2.05) is 12.1 Å². The molecule has 1 saturated heterocycles. The van der Waals surface area contributed by atoms with E-state index in [1.165, 1.54) is 12.1 Å². The van der Waals surface area contributed by atoms with Gasteiger partial charge in [-0.05, 0) is 42.0 Å². The molecule has 1 unspecified atom stereocenters. The molecule has 0 bridgehead atoms. The minimum absolute atomic E-state index is 0.0286. The topological polar surface area (TPSA) is 49.8 Å². The monoisotopic (exact) mass is 301 g/mol. The molecule has 2 aromatic carbocycles. The average Bonchev–Trinajstić information content (AvgIpc) is 2.81. The molecule has 3 rings (SSSR count). The summed E-state index contributed by atoms with van der Waals surface area (Å²) in [5, 5.41) is 9.47. The molecule has 1 fully saturated rings. The van der Waals surface area contributed by atoms with Gasteiger partial charge in [-0.2, -0.15) is 0 Å². The minimum atomic E-state index is -0.561. The number of β-amino-alcohol motifs (C(OH)–C–C–N with tert-alkyl or cyclic N) is 1. The number of hydrogen-bond acceptors (Lipinski definition) is 3. The Morgan fingerprint density at radius 1 is 1.09 bits per heavy atom. The Bertz CT molecular complexity index is 655. The van der Waals surface area contributed by atoms with Crippen molar-refractivity contribution in [2.75, 3.05) is 6.54 Å². The first kappa shape index (κ1) is 14.5. The normalized spacial score (nSPS) is 17.8. The molecule has 0 aliphatic carbocycles. The Labute approximate surface area is 127 Å². The van der Waals surface area contributed by atoms with Gasteiger partial charge in [-0.1, -0.05) is 12.1 Å². The van der Waals surface area contributed by atoms with Gasteiger partial charge < -0.3 is 14.7 Å². The third kappa shape index (κ3) is 3.43. The first-order valence-electron chi connectivity index (χ1n) is 7.08. The minimum Gasteiger partial charge on any atom is -0.457 e.